The summed E-state index contributed by atoms with van der Waals surface area (Å²) in [7, 11) is 0. The fourth-order valence-corrected chi connectivity index (χ4v) is 4.88. The van der Waals surface area contributed by atoms with E-state index in [1.165, 1.54) is 58.0 Å². The topological polar surface area (TPSA) is 3.24 Å². The molecule has 1 aliphatic carbocycles. The van der Waals surface area contributed by atoms with Crippen molar-refractivity contribution < 1.29 is 0 Å². The van der Waals surface area contributed by atoms with E-state index in [4.69, 9.17) is 0 Å². The first-order valence-electron chi connectivity index (χ1n) is 10.3. The van der Waals surface area contributed by atoms with Crippen molar-refractivity contribution in [3.05, 3.63) is 70.8 Å². The van der Waals surface area contributed by atoms with Gasteiger partial charge in [0, 0.05) is 0 Å². The number of nitrogens with zero attached hydrogens (tertiary/aromatic N) is 1. The number of hydrogen-bond acceptors (Lipinski definition) is 1. The van der Waals surface area contributed by atoms with Crippen LogP contribution in [0.15, 0.2) is 48.5 Å². The van der Waals surface area contributed by atoms with Gasteiger partial charge in [-0.15, -0.1) is 0 Å². The average molecular weight is 334 g/mol. The van der Waals surface area contributed by atoms with E-state index in [0.29, 0.717) is 6.04 Å². The molecule has 0 bridgehead atoms. The molecule has 0 unspecified atom stereocenters. The molecule has 25 heavy (non-hydrogen) atoms. The Labute approximate surface area is 153 Å². The van der Waals surface area contributed by atoms with Gasteiger partial charge in [-0.25, -0.2) is 0 Å². The molecule has 1 aliphatic heterocycles. The van der Waals surface area contributed by atoms with Crippen molar-refractivity contribution in [1.29, 1.82) is 0 Å². The summed E-state index contributed by atoms with van der Waals surface area (Å²) in [5.74, 6) is 0.951. The Hall–Kier alpha value is -1.60. The molecular weight excluding hydrogens is 302 g/mol. The summed E-state index contributed by atoms with van der Waals surface area (Å²) in [6.45, 7) is 4.82. The van der Waals surface area contributed by atoms with Crippen LogP contribution in [0.3, 0.4) is 0 Å². The van der Waals surface area contributed by atoms with Crippen LogP contribution in [-0.2, 0) is 12.8 Å². The van der Waals surface area contributed by atoms with Crippen molar-refractivity contribution in [2.45, 2.75) is 57.9 Å². The minimum Gasteiger partial charge on any atom is -0.292 e. The predicted molar refractivity (Wildman–Crippen MR) is 106 cm³/mol. The largest absolute Gasteiger partial charge is 0.292 e. The van der Waals surface area contributed by atoms with Gasteiger partial charge in [-0.3, -0.25) is 4.90 Å². The lowest BCUT2D eigenvalue weighted by Gasteiger charge is -2.39. The Morgan fingerprint density at radius 2 is 1.40 bits per heavy atom. The molecule has 0 aromatic heterocycles. The zero-order chi connectivity index (χ0) is 17.1. The number of rotatable bonds is 4. The molecule has 1 nitrogen and oxygen atoms in total. The summed E-state index contributed by atoms with van der Waals surface area (Å²) in [6.07, 6.45) is 9.28. The molecule has 1 fully saturated rings. The lowest BCUT2D eigenvalue weighted by atomic mass is 9.87. The predicted octanol–water partition coefficient (Wildman–Crippen LogP) is 5.78. The Kier molecular flexibility index (Phi) is 5.22. The number of benzene rings is 2. The molecule has 4 rings (SSSR count). The van der Waals surface area contributed by atoms with Gasteiger partial charge in [0.2, 0.25) is 0 Å². The van der Waals surface area contributed by atoms with E-state index in [2.05, 4.69) is 60.4 Å². The number of aryl methyl sites for hydroxylation is 2. The highest BCUT2D eigenvalue weighted by molar-refractivity contribution is 5.44. The summed E-state index contributed by atoms with van der Waals surface area (Å²) in [4.78, 5) is 2.77. The van der Waals surface area contributed by atoms with E-state index < -0.39 is 0 Å². The van der Waals surface area contributed by atoms with E-state index in [-0.39, 0.29) is 0 Å². The summed E-state index contributed by atoms with van der Waals surface area (Å²) in [5.41, 5.74) is 6.22. The quantitative estimate of drug-likeness (QED) is 0.686. The normalized spacial score (nSPS) is 19.2. The summed E-state index contributed by atoms with van der Waals surface area (Å²) in [5, 5.41) is 0. The first kappa shape index (κ1) is 16.8. The van der Waals surface area contributed by atoms with Gasteiger partial charge in [0.1, 0.15) is 0 Å². The van der Waals surface area contributed by atoms with Crippen molar-refractivity contribution in [1.82, 2.24) is 4.90 Å². The van der Waals surface area contributed by atoms with Crippen molar-refractivity contribution in [2.75, 3.05) is 13.1 Å². The van der Waals surface area contributed by atoms with Gasteiger partial charge in [-0.2, -0.15) is 0 Å². The Morgan fingerprint density at radius 3 is 1.96 bits per heavy atom. The average Bonchev–Trinajstić information content (AvgIpc) is 2.84. The fraction of sp³-hybridized carbons (Fsp3) is 0.500. The number of unbranched alkanes of at least 4 members (excludes halogenated alkanes) is 1. The van der Waals surface area contributed by atoms with Crippen LogP contribution in [0.4, 0.5) is 0 Å². The first-order valence-corrected chi connectivity index (χ1v) is 10.3. The van der Waals surface area contributed by atoms with Gasteiger partial charge >= 0.3 is 0 Å². The minimum atomic E-state index is 0.460. The molecule has 0 N–H and O–H groups in total. The maximum atomic E-state index is 2.77. The molecule has 0 amide bonds. The molecular formula is C24H31N. The van der Waals surface area contributed by atoms with Crippen LogP contribution in [0.25, 0.3) is 0 Å². The highest BCUT2D eigenvalue weighted by atomic mass is 15.2. The van der Waals surface area contributed by atoms with Gasteiger partial charge < -0.3 is 0 Å². The standard InChI is InChI=1S/C24H31N/c1-2-3-8-19-15-17-25(18-16-19)24-22-11-6-4-9-20(22)13-14-21-10-5-7-12-23(21)24/h4-7,9-12,19,24H,2-3,8,13-18H2,1H3. The van der Waals surface area contributed by atoms with Crippen LogP contribution in [0.1, 0.15) is 67.3 Å². The second kappa shape index (κ2) is 7.74. The third-order valence-corrected chi connectivity index (χ3v) is 6.34. The van der Waals surface area contributed by atoms with Crippen LogP contribution in [0, 0.1) is 5.92 Å². The van der Waals surface area contributed by atoms with Crippen molar-refractivity contribution in [3.8, 4) is 0 Å². The molecule has 0 saturated carbocycles. The van der Waals surface area contributed by atoms with Crippen molar-refractivity contribution >= 4 is 0 Å². The SMILES string of the molecule is CCCCC1CCN(C2c3ccccc3CCc3ccccc32)CC1. The lowest BCUT2D eigenvalue weighted by Crippen LogP contribution is -2.37. The Bertz CT molecular complexity index is 649. The third kappa shape index (κ3) is 3.53. The van der Waals surface area contributed by atoms with Crippen molar-refractivity contribution in [2.24, 2.45) is 5.92 Å². The maximum absolute atomic E-state index is 2.77. The van der Waals surface area contributed by atoms with E-state index in [1.807, 2.05) is 0 Å². The molecule has 1 heterocycles. The summed E-state index contributed by atoms with van der Waals surface area (Å²) < 4.78 is 0. The number of fused-ring (bicyclic) bond motifs is 2. The van der Waals surface area contributed by atoms with E-state index in [1.54, 1.807) is 22.3 Å². The van der Waals surface area contributed by atoms with Crippen LogP contribution in [0.5, 0.6) is 0 Å². The highest BCUT2D eigenvalue weighted by Crippen LogP contribution is 2.39. The van der Waals surface area contributed by atoms with Gasteiger partial charge in [0.25, 0.3) is 0 Å². The van der Waals surface area contributed by atoms with Crippen LogP contribution in [-0.4, -0.2) is 18.0 Å². The maximum Gasteiger partial charge on any atom is 0.0607 e. The van der Waals surface area contributed by atoms with Gasteiger partial charge in [-0.1, -0.05) is 74.7 Å². The van der Waals surface area contributed by atoms with Crippen LogP contribution < -0.4 is 0 Å². The molecule has 1 saturated heterocycles. The highest BCUT2D eigenvalue weighted by Gasteiger charge is 2.31. The van der Waals surface area contributed by atoms with E-state index in [9.17, 15) is 0 Å². The molecule has 2 aromatic carbocycles. The zero-order valence-electron chi connectivity index (χ0n) is 15.6. The Balaban J connectivity index is 1.62. The smallest absolute Gasteiger partial charge is 0.0607 e. The van der Waals surface area contributed by atoms with Crippen LogP contribution >= 0.6 is 0 Å². The molecule has 2 aromatic rings. The molecule has 0 atom stereocenters. The fourth-order valence-electron chi connectivity index (χ4n) is 4.88. The molecule has 0 spiro atoms. The second-order valence-corrected chi connectivity index (χ2v) is 7.92. The molecule has 132 valence electrons. The number of likely N-dealkylation sites (tertiary alicyclic amines) is 1. The molecule has 2 aliphatic rings. The Morgan fingerprint density at radius 1 is 0.840 bits per heavy atom. The monoisotopic (exact) mass is 333 g/mol. The second-order valence-electron chi connectivity index (χ2n) is 7.92. The first-order chi connectivity index (χ1) is 12.4. The molecule has 1 heteroatoms. The summed E-state index contributed by atoms with van der Waals surface area (Å²) in [6, 6.07) is 18.8. The zero-order valence-corrected chi connectivity index (χ0v) is 15.6. The summed E-state index contributed by atoms with van der Waals surface area (Å²) >= 11 is 0. The molecule has 0 radical (unpaired) electrons. The van der Waals surface area contributed by atoms with E-state index >= 15 is 0 Å². The van der Waals surface area contributed by atoms with Gasteiger partial charge in [0.05, 0.1) is 6.04 Å². The van der Waals surface area contributed by atoms with Gasteiger partial charge in [-0.05, 0) is 66.9 Å². The van der Waals surface area contributed by atoms with E-state index in [0.717, 1.165) is 5.92 Å². The van der Waals surface area contributed by atoms with Gasteiger partial charge in [0.15, 0.2) is 0 Å². The third-order valence-electron chi connectivity index (χ3n) is 6.34. The number of piperidine rings is 1. The lowest BCUT2D eigenvalue weighted by molar-refractivity contribution is 0.145. The van der Waals surface area contributed by atoms with Crippen molar-refractivity contribution in [3.63, 3.8) is 0 Å². The number of hydrogen-bond donors (Lipinski definition) is 0. The minimum absolute atomic E-state index is 0.460. The van der Waals surface area contributed by atoms with Crippen LogP contribution in [0.2, 0.25) is 0 Å².